The Morgan fingerprint density at radius 3 is 1.23 bits per heavy atom. The van der Waals surface area contributed by atoms with Gasteiger partial charge in [0.25, 0.3) is 17.7 Å². The third-order valence-corrected chi connectivity index (χ3v) is 8.46. The largest absolute Gasteiger partial charge is 0.504 e. The van der Waals surface area contributed by atoms with Crippen molar-refractivity contribution in [2.75, 3.05) is 19.6 Å². The lowest BCUT2D eigenvalue weighted by molar-refractivity contribution is -0.125. The Bertz CT molecular complexity index is 1580. The number of nitrogens with one attached hydrogen (secondary N) is 4. The van der Waals surface area contributed by atoms with Crippen LogP contribution in [0.4, 0.5) is 0 Å². The minimum atomic E-state index is -0.969. The van der Waals surface area contributed by atoms with Crippen molar-refractivity contribution in [3.05, 3.63) is 71.3 Å². The summed E-state index contributed by atoms with van der Waals surface area (Å²) >= 11 is 0. The second-order valence-electron chi connectivity index (χ2n) is 12.2. The van der Waals surface area contributed by atoms with Crippen molar-refractivity contribution >= 4 is 36.6 Å². The molecule has 0 aliphatic heterocycles. The molecule has 10 N–H and O–H groups in total. The van der Waals surface area contributed by atoms with E-state index in [0.717, 1.165) is 0 Å². The number of carbonyl (C=O) groups is 5. The average molecular weight is 720 g/mol. The van der Waals surface area contributed by atoms with Gasteiger partial charge in [0.1, 0.15) is 0 Å². The molecule has 3 aromatic carbocycles. The van der Waals surface area contributed by atoms with Crippen LogP contribution in [0.1, 0.15) is 82.4 Å². The molecule has 0 unspecified atom stereocenters. The summed E-state index contributed by atoms with van der Waals surface area (Å²) in [5.74, 6) is -5.36. The molecular weight excluding hydrogens is 675 g/mol. The molecule has 0 aliphatic carbocycles. The first-order valence-electron chi connectivity index (χ1n) is 16.8. The van der Waals surface area contributed by atoms with Crippen LogP contribution < -0.4 is 21.3 Å². The van der Waals surface area contributed by atoms with Crippen molar-refractivity contribution in [1.29, 1.82) is 0 Å². The molecule has 0 spiro atoms. The molecule has 3 rings (SSSR count). The van der Waals surface area contributed by atoms with Crippen molar-refractivity contribution in [2.24, 2.45) is 0 Å². The Morgan fingerprint density at radius 2 is 0.904 bits per heavy atom. The van der Waals surface area contributed by atoms with Gasteiger partial charge in [0, 0.05) is 38.0 Å². The third-order valence-electron chi connectivity index (χ3n) is 8.46. The van der Waals surface area contributed by atoms with E-state index in [0.29, 0.717) is 38.5 Å². The number of hydrogen-bond acceptors (Lipinski definition) is 11. The molecule has 0 saturated heterocycles. The predicted octanol–water partition coefficient (Wildman–Crippen LogP) is 2.76. The summed E-state index contributed by atoms with van der Waals surface area (Å²) in [7, 11) is 1.37. The number of para-hydroxylation sites is 3. The number of benzene rings is 3. The molecule has 3 aromatic rings. The molecule has 52 heavy (non-hydrogen) atoms. The molecule has 277 valence electrons. The number of carbonyl (C=O) groups excluding carboxylic acids is 5. The lowest BCUT2D eigenvalue weighted by Crippen LogP contribution is -2.50. The highest BCUT2D eigenvalue weighted by Crippen LogP contribution is 2.31. The van der Waals surface area contributed by atoms with Crippen LogP contribution in [-0.2, 0) is 9.59 Å². The van der Waals surface area contributed by atoms with Crippen LogP contribution in [0.5, 0.6) is 34.5 Å². The van der Waals surface area contributed by atoms with Gasteiger partial charge >= 0.3 is 0 Å². The Morgan fingerprint density at radius 1 is 0.558 bits per heavy atom. The van der Waals surface area contributed by atoms with Gasteiger partial charge < -0.3 is 56.7 Å². The van der Waals surface area contributed by atoms with Crippen molar-refractivity contribution in [3.8, 4) is 34.5 Å². The maximum absolute atomic E-state index is 13.2. The SMILES string of the molecule is C[B]C(=O)CCC(=O)NC(CCCNC(=O)c1cccc(O)c1O)(CCCNC(=O)c1cccc(O)c1O)CCCNC(=O)c1cccc(O)c1O. The van der Waals surface area contributed by atoms with Gasteiger partial charge in [-0.3, -0.25) is 19.2 Å². The van der Waals surface area contributed by atoms with Gasteiger partial charge in [-0.25, -0.2) is 0 Å². The molecule has 0 aliphatic rings. The number of aromatic hydroxyl groups is 6. The normalized spacial score (nSPS) is 10.9. The molecule has 0 saturated carbocycles. The Labute approximate surface area is 301 Å². The molecule has 16 heteroatoms. The number of hydrogen-bond donors (Lipinski definition) is 10. The highest BCUT2D eigenvalue weighted by Gasteiger charge is 2.31. The topological polar surface area (TPSA) is 255 Å². The first-order chi connectivity index (χ1) is 24.8. The lowest BCUT2D eigenvalue weighted by Gasteiger charge is -2.36. The number of rotatable bonds is 20. The van der Waals surface area contributed by atoms with Crippen LogP contribution in [0.3, 0.4) is 0 Å². The molecule has 0 atom stereocenters. The maximum Gasteiger partial charge on any atom is 0.255 e. The van der Waals surface area contributed by atoms with E-state index in [1.807, 2.05) is 0 Å². The molecule has 0 bridgehead atoms. The second-order valence-corrected chi connectivity index (χ2v) is 12.2. The average Bonchev–Trinajstić information content (AvgIpc) is 3.12. The van der Waals surface area contributed by atoms with Gasteiger partial charge in [0.05, 0.1) is 22.4 Å². The molecule has 0 fully saturated rings. The van der Waals surface area contributed by atoms with Crippen molar-refractivity contribution in [3.63, 3.8) is 0 Å². The highest BCUT2D eigenvalue weighted by molar-refractivity contribution is 6.72. The molecule has 1 radical (unpaired) electrons. The summed E-state index contributed by atoms with van der Waals surface area (Å²) in [4.78, 5) is 63.4. The molecule has 0 heterocycles. The third kappa shape index (κ3) is 11.6. The van der Waals surface area contributed by atoms with Crippen LogP contribution >= 0.6 is 0 Å². The molecule has 4 amide bonds. The Hall–Kier alpha value is -5.93. The second kappa shape index (κ2) is 19.5. The summed E-state index contributed by atoms with van der Waals surface area (Å²) in [6.45, 7) is 1.90. The van der Waals surface area contributed by atoms with E-state index in [9.17, 15) is 54.6 Å². The van der Waals surface area contributed by atoms with E-state index in [2.05, 4.69) is 21.3 Å². The van der Waals surface area contributed by atoms with E-state index in [-0.39, 0.29) is 54.8 Å². The summed E-state index contributed by atoms with van der Waals surface area (Å²) in [6, 6.07) is 12.0. The van der Waals surface area contributed by atoms with Gasteiger partial charge in [-0.15, -0.1) is 0 Å². The monoisotopic (exact) mass is 719 g/mol. The minimum absolute atomic E-state index is 0.0190. The predicted molar refractivity (Wildman–Crippen MR) is 191 cm³/mol. The van der Waals surface area contributed by atoms with E-state index in [4.69, 9.17) is 0 Å². The van der Waals surface area contributed by atoms with Crippen LogP contribution in [0.15, 0.2) is 54.6 Å². The summed E-state index contributed by atoms with van der Waals surface area (Å²) in [5, 5.41) is 70.7. The van der Waals surface area contributed by atoms with Crippen LogP contribution in [0.25, 0.3) is 0 Å². The Balaban J connectivity index is 1.76. The highest BCUT2D eigenvalue weighted by atomic mass is 16.3. The maximum atomic E-state index is 13.2. The fourth-order valence-corrected chi connectivity index (χ4v) is 5.62. The number of phenolic OH excluding ortho intramolecular Hbond substituents is 6. The van der Waals surface area contributed by atoms with Crippen LogP contribution in [0.2, 0.25) is 6.82 Å². The standard InChI is InChI=1S/C36H44BN4O11/c1-37-28(45)14-15-29(46)41-36(16-5-19-38-33(50)22-8-2-11-25(42)30(22)47,17-6-20-39-34(51)23-9-3-12-26(43)31(23)48)18-7-21-40-35(52)24-10-4-13-27(44)32(24)49/h2-4,8-13,42-44,47-49H,5-7,14-21H2,1H3,(H,38,50)(H,39,51)(H,40,52)(H,41,46). The molecule has 15 nitrogen and oxygen atoms in total. The van der Waals surface area contributed by atoms with Crippen molar-refractivity contribution in [2.45, 2.75) is 63.7 Å². The van der Waals surface area contributed by atoms with Gasteiger partial charge in [0.15, 0.2) is 41.8 Å². The summed E-state index contributed by atoms with van der Waals surface area (Å²) in [5.41, 5.74) is -1.56. The minimum Gasteiger partial charge on any atom is -0.504 e. The van der Waals surface area contributed by atoms with Crippen molar-refractivity contribution in [1.82, 2.24) is 21.3 Å². The van der Waals surface area contributed by atoms with E-state index in [1.165, 1.54) is 61.9 Å². The summed E-state index contributed by atoms with van der Waals surface area (Å²) in [6.07, 6.45) is 1.72. The quantitative estimate of drug-likeness (QED) is 0.0462. The first kappa shape index (κ1) is 40.5. The van der Waals surface area contributed by atoms with Gasteiger partial charge in [-0.05, 0) is 74.9 Å². The zero-order valence-electron chi connectivity index (χ0n) is 28.8. The van der Waals surface area contributed by atoms with E-state index in [1.54, 1.807) is 6.82 Å². The van der Waals surface area contributed by atoms with Gasteiger partial charge in [-0.1, -0.05) is 25.0 Å². The Kier molecular flexibility index (Phi) is 15.2. The van der Waals surface area contributed by atoms with E-state index < -0.39 is 63.7 Å². The summed E-state index contributed by atoms with van der Waals surface area (Å²) < 4.78 is 0. The zero-order valence-corrected chi connectivity index (χ0v) is 28.8. The van der Waals surface area contributed by atoms with E-state index >= 15 is 0 Å². The fourth-order valence-electron chi connectivity index (χ4n) is 5.62. The lowest BCUT2D eigenvalue weighted by atomic mass is 9.74. The fraction of sp³-hybridized carbons (Fsp3) is 0.361. The van der Waals surface area contributed by atoms with Gasteiger partial charge in [0.2, 0.25) is 5.91 Å². The number of phenols is 6. The van der Waals surface area contributed by atoms with Crippen molar-refractivity contribution < 1.29 is 54.6 Å². The van der Waals surface area contributed by atoms with Gasteiger partial charge in [-0.2, -0.15) is 0 Å². The number of amides is 4. The smallest absolute Gasteiger partial charge is 0.255 e. The molecule has 0 aromatic heterocycles. The zero-order chi connectivity index (χ0) is 38.3. The molecular formula is C36H44BN4O11. The van der Waals surface area contributed by atoms with Crippen LogP contribution in [0, 0.1) is 0 Å². The first-order valence-corrected chi connectivity index (χ1v) is 16.8. The van der Waals surface area contributed by atoms with Crippen LogP contribution in [-0.4, -0.2) is 92.4 Å².